The van der Waals surface area contributed by atoms with Crippen LogP contribution in [0.15, 0.2) is 0 Å². The number of carbonyl (C=O) groups is 1. The van der Waals surface area contributed by atoms with Crippen molar-refractivity contribution >= 4 is 5.91 Å². The minimum absolute atomic E-state index is 0.125. The molecule has 1 fully saturated rings. The van der Waals surface area contributed by atoms with Crippen LogP contribution in [0.2, 0.25) is 0 Å². The van der Waals surface area contributed by atoms with Crippen molar-refractivity contribution in [3.05, 3.63) is 0 Å². The van der Waals surface area contributed by atoms with Gasteiger partial charge in [0.25, 0.3) is 5.91 Å². The second-order valence-corrected chi connectivity index (χ2v) is 5.90. The van der Waals surface area contributed by atoms with E-state index in [1.807, 2.05) is 11.8 Å². The lowest BCUT2D eigenvalue weighted by Crippen LogP contribution is -2.49. The molecule has 0 aromatic rings. The van der Waals surface area contributed by atoms with Gasteiger partial charge in [0, 0.05) is 32.8 Å². The first-order valence-electron chi connectivity index (χ1n) is 6.51. The number of carbonyl (C=O) groups excluding carboxylic acids is 1. The molecular weight excluding hydrogens is 216 g/mol. The van der Waals surface area contributed by atoms with Gasteiger partial charge in [-0.25, -0.2) is 0 Å². The predicted molar refractivity (Wildman–Crippen MR) is 68.9 cm³/mol. The first-order valence-corrected chi connectivity index (χ1v) is 6.51. The van der Waals surface area contributed by atoms with Crippen molar-refractivity contribution in [3.63, 3.8) is 0 Å². The van der Waals surface area contributed by atoms with E-state index in [1.54, 1.807) is 0 Å². The summed E-state index contributed by atoms with van der Waals surface area (Å²) in [5.41, 5.74) is 0.262. The third-order valence-electron chi connectivity index (χ3n) is 3.00. The van der Waals surface area contributed by atoms with E-state index >= 15 is 0 Å². The van der Waals surface area contributed by atoms with Gasteiger partial charge in [0.15, 0.2) is 0 Å². The standard InChI is InChI=1S/C13H26N2O2/c1-11(17-10-5-13(2,3)4)12(16)15-8-6-14-7-9-15/h11,14H,5-10H2,1-4H3. The van der Waals surface area contributed by atoms with Crippen LogP contribution in [0, 0.1) is 5.41 Å². The van der Waals surface area contributed by atoms with Crippen molar-refractivity contribution in [2.45, 2.75) is 40.2 Å². The van der Waals surface area contributed by atoms with Crippen LogP contribution < -0.4 is 5.32 Å². The molecular formula is C13H26N2O2. The quantitative estimate of drug-likeness (QED) is 0.807. The second-order valence-electron chi connectivity index (χ2n) is 5.90. The van der Waals surface area contributed by atoms with Crippen LogP contribution in [0.25, 0.3) is 0 Å². The Kier molecular flexibility index (Phi) is 5.40. The molecule has 1 atom stereocenters. The third kappa shape index (κ3) is 5.50. The molecule has 1 aliphatic rings. The monoisotopic (exact) mass is 242 g/mol. The summed E-state index contributed by atoms with van der Waals surface area (Å²) in [5, 5.41) is 3.24. The lowest BCUT2D eigenvalue weighted by molar-refractivity contribution is -0.143. The zero-order chi connectivity index (χ0) is 12.9. The maximum atomic E-state index is 12.0. The Morgan fingerprint density at radius 1 is 1.35 bits per heavy atom. The van der Waals surface area contributed by atoms with Crippen molar-refractivity contribution in [2.75, 3.05) is 32.8 Å². The lowest BCUT2D eigenvalue weighted by atomic mass is 9.93. The number of rotatable bonds is 4. The molecule has 0 aromatic carbocycles. The molecule has 0 spiro atoms. The van der Waals surface area contributed by atoms with Crippen molar-refractivity contribution in [1.82, 2.24) is 10.2 Å². The van der Waals surface area contributed by atoms with Crippen molar-refractivity contribution in [2.24, 2.45) is 5.41 Å². The maximum Gasteiger partial charge on any atom is 0.251 e. The van der Waals surface area contributed by atoms with Gasteiger partial charge in [0.05, 0.1) is 0 Å². The Balaban J connectivity index is 2.26. The summed E-state index contributed by atoms with van der Waals surface area (Å²) >= 11 is 0. The van der Waals surface area contributed by atoms with Crippen LogP contribution in [0.4, 0.5) is 0 Å². The second kappa shape index (κ2) is 6.36. The van der Waals surface area contributed by atoms with Crippen LogP contribution in [0.5, 0.6) is 0 Å². The number of nitrogens with one attached hydrogen (secondary N) is 1. The van der Waals surface area contributed by atoms with Gasteiger partial charge in [0.2, 0.25) is 0 Å². The molecule has 100 valence electrons. The van der Waals surface area contributed by atoms with Gasteiger partial charge < -0.3 is 15.0 Å². The number of piperazine rings is 1. The number of hydrogen-bond acceptors (Lipinski definition) is 3. The van der Waals surface area contributed by atoms with E-state index in [0.717, 1.165) is 32.6 Å². The number of ether oxygens (including phenoxy) is 1. The summed E-state index contributed by atoms with van der Waals surface area (Å²) in [4.78, 5) is 13.9. The van der Waals surface area contributed by atoms with Crippen LogP contribution in [0.3, 0.4) is 0 Å². The Morgan fingerprint density at radius 3 is 2.47 bits per heavy atom. The molecule has 0 saturated carbocycles. The molecule has 1 unspecified atom stereocenters. The average molecular weight is 242 g/mol. The van der Waals surface area contributed by atoms with Crippen LogP contribution in [-0.4, -0.2) is 49.7 Å². The summed E-state index contributed by atoms with van der Waals surface area (Å²) < 4.78 is 5.62. The molecule has 1 heterocycles. The van der Waals surface area contributed by atoms with E-state index in [1.165, 1.54) is 0 Å². The fourth-order valence-corrected chi connectivity index (χ4v) is 1.76. The van der Waals surface area contributed by atoms with Gasteiger partial charge in [-0.3, -0.25) is 4.79 Å². The van der Waals surface area contributed by atoms with E-state index in [-0.39, 0.29) is 17.4 Å². The Morgan fingerprint density at radius 2 is 1.94 bits per heavy atom. The van der Waals surface area contributed by atoms with Crippen LogP contribution in [-0.2, 0) is 9.53 Å². The third-order valence-corrected chi connectivity index (χ3v) is 3.00. The number of nitrogens with zero attached hydrogens (tertiary/aromatic N) is 1. The highest BCUT2D eigenvalue weighted by molar-refractivity contribution is 5.80. The highest BCUT2D eigenvalue weighted by Crippen LogP contribution is 2.18. The molecule has 1 aliphatic heterocycles. The predicted octanol–water partition coefficient (Wildman–Crippen LogP) is 1.26. The molecule has 0 radical (unpaired) electrons. The van der Waals surface area contributed by atoms with Gasteiger partial charge in [-0.1, -0.05) is 20.8 Å². The van der Waals surface area contributed by atoms with E-state index in [9.17, 15) is 4.79 Å². The molecule has 17 heavy (non-hydrogen) atoms. The van der Waals surface area contributed by atoms with Gasteiger partial charge in [-0.15, -0.1) is 0 Å². The van der Waals surface area contributed by atoms with Crippen molar-refractivity contribution in [1.29, 1.82) is 0 Å². The molecule has 1 amide bonds. The molecule has 0 aromatic heterocycles. The molecule has 1 N–H and O–H groups in total. The summed E-state index contributed by atoms with van der Waals surface area (Å²) in [7, 11) is 0. The Hall–Kier alpha value is -0.610. The molecule has 4 heteroatoms. The smallest absolute Gasteiger partial charge is 0.251 e. The van der Waals surface area contributed by atoms with E-state index in [2.05, 4.69) is 26.1 Å². The minimum atomic E-state index is -0.310. The highest BCUT2D eigenvalue weighted by atomic mass is 16.5. The zero-order valence-corrected chi connectivity index (χ0v) is 11.6. The van der Waals surface area contributed by atoms with E-state index in [0.29, 0.717) is 6.61 Å². The summed E-state index contributed by atoms with van der Waals surface area (Å²) in [6, 6.07) is 0. The maximum absolute atomic E-state index is 12.0. The summed E-state index contributed by atoms with van der Waals surface area (Å²) in [5.74, 6) is 0.125. The van der Waals surface area contributed by atoms with Crippen LogP contribution >= 0.6 is 0 Å². The first kappa shape index (κ1) is 14.5. The highest BCUT2D eigenvalue weighted by Gasteiger charge is 2.22. The lowest BCUT2D eigenvalue weighted by Gasteiger charge is -2.30. The summed E-state index contributed by atoms with van der Waals surface area (Å²) in [6.07, 6.45) is 0.669. The number of amides is 1. The van der Waals surface area contributed by atoms with Crippen molar-refractivity contribution < 1.29 is 9.53 Å². The van der Waals surface area contributed by atoms with Crippen molar-refractivity contribution in [3.8, 4) is 0 Å². The van der Waals surface area contributed by atoms with E-state index in [4.69, 9.17) is 4.74 Å². The fraction of sp³-hybridized carbons (Fsp3) is 0.923. The van der Waals surface area contributed by atoms with Gasteiger partial charge >= 0.3 is 0 Å². The van der Waals surface area contributed by atoms with E-state index < -0.39 is 0 Å². The molecule has 1 rings (SSSR count). The molecule has 0 aliphatic carbocycles. The number of hydrogen-bond donors (Lipinski definition) is 1. The summed E-state index contributed by atoms with van der Waals surface area (Å²) in [6.45, 7) is 12.4. The first-order chi connectivity index (χ1) is 7.90. The normalized spacial score (nSPS) is 19.2. The average Bonchev–Trinajstić information content (AvgIpc) is 2.27. The largest absolute Gasteiger partial charge is 0.369 e. The van der Waals surface area contributed by atoms with Gasteiger partial charge in [0.1, 0.15) is 6.10 Å². The van der Waals surface area contributed by atoms with Gasteiger partial charge in [-0.05, 0) is 18.8 Å². The minimum Gasteiger partial charge on any atom is -0.369 e. The topological polar surface area (TPSA) is 41.6 Å². The Labute approximate surface area is 105 Å². The Bertz CT molecular complexity index is 242. The van der Waals surface area contributed by atoms with Crippen LogP contribution in [0.1, 0.15) is 34.1 Å². The molecule has 1 saturated heterocycles. The van der Waals surface area contributed by atoms with Gasteiger partial charge in [-0.2, -0.15) is 0 Å². The molecule has 4 nitrogen and oxygen atoms in total. The SMILES string of the molecule is CC(OCCC(C)(C)C)C(=O)N1CCNCC1. The fourth-order valence-electron chi connectivity index (χ4n) is 1.76. The zero-order valence-electron chi connectivity index (χ0n) is 11.6. The molecule has 0 bridgehead atoms.